The fourth-order valence-electron chi connectivity index (χ4n) is 18.0. The number of Topliss-reactive ketones (excluding diaryl/α,β-unsaturated/α-hetero) is 4. The standard InChI is InChI=1S/C29H41N3O5S.C29H41N3O4S.C28H39N3O5.C28H39N3O4S/c1-17-24(38-16-30-17)19-10-8-18(9-11-19)20(15-33)12-23(35)22-13-21(34)14-32(22)26(36)25(28(2,3)4)31-27(37)29(5,6)7;1-17(19-9-11-20(12-10-19)24-18(2)30-16-37-24)13-23(34)22-14-21(33)15-32(22)26(35)25(28(3,4)5)31-27(36)29(6,7)8;2*1-17-23(36-16-29-17)19-11-8-18(9-12-19)10-13-22(33)21-14-20(32)15-31(21)25(34)24(27(2,3)4)30-26(35)28(5,6)7/h8-11,16,20-22,25,33-34H,12-15H2,1-7H3,(H,31,37);9-12,16-17,21-22,25,33H,13-15H2,1-8H3,(H,31,36);2*8-9,11-12,16,20-21,24,32H,10,13-15H2,1-7H3,(H,30,35). The van der Waals surface area contributed by atoms with E-state index in [0.29, 0.717) is 12.8 Å². The second-order valence-corrected chi connectivity index (χ2v) is 51.0. The first kappa shape index (κ1) is 120. The zero-order chi connectivity index (χ0) is 110. The van der Waals surface area contributed by atoms with Crippen LogP contribution in [0.5, 0.6) is 0 Å². The molecular weight excluding hydrogens is 1920 g/mol. The van der Waals surface area contributed by atoms with Crippen LogP contribution in [0.1, 0.15) is 281 Å². The van der Waals surface area contributed by atoms with E-state index in [2.05, 4.69) is 53.3 Å². The van der Waals surface area contributed by atoms with Crippen molar-refractivity contribution >= 4 is 104 Å². The molecule has 8 amide bonds. The number of oxazole rings is 1. The Kier molecular flexibility index (Phi) is 40.2. The minimum absolute atomic E-state index is 0.0277. The molecule has 30 nitrogen and oxygen atoms in total. The van der Waals surface area contributed by atoms with E-state index < -0.39 is 122 Å². The number of hydrogen-bond acceptors (Lipinski definition) is 25. The van der Waals surface area contributed by atoms with Gasteiger partial charge in [0.2, 0.25) is 47.3 Å². The number of carbonyl (C=O) groups excluding carboxylic acids is 12. The highest BCUT2D eigenvalue weighted by molar-refractivity contribution is 7.14. The molecule has 0 spiro atoms. The molecule has 9 N–H and O–H groups in total. The molecule has 0 aliphatic carbocycles. The van der Waals surface area contributed by atoms with E-state index in [9.17, 15) is 83.1 Å². The maximum Gasteiger partial charge on any atom is 0.246 e. The fraction of sp³-hybridized carbons (Fsp3) is 0.579. The lowest BCUT2D eigenvalue weighted by Crippen LogP contribution is -2.58. The maximum absolute atomic E-state index is 13.7. The third-order valence-corrected chi connectivity index (χ3v) is 30.2. The number of benzene rings is 4. The fourth-order valence-corrected chi connectivity index (χ4v) is 20.5. The van der Waals surface area contributed by atoms with Crippen molar-refractivity contribution in [3.8, 4) is 42.6 Å². The average Bonchev–Trinajstić information content (AvgIpc) is 1.72. The Morgan fingerprint density at radius 1 is 0.354 bits per heavy atom. The van der Waals surface area contributed by atoms with Gasteiger partial charge in [0.05, 0.1) is 109 Å². The van der Waals surface area contributed by atoms with Gasteiger partial charge in [0.25, 0.3) is 0 Å². The summed E-state index contributed by atoms with van der Waals surface area (Å²) in [5, 5.41) is 63.3. The molecule has 4 aliphatic rings. The van der Waals surface area contributed by atoms with Crippen molar-refractivity contribution in [1.82, 2.24) is 60.8 Å². The number of β-amino-alcohol motifs (C(OH)–C–C–N with tert-alkyl or cyclic N) is 4. The minimum atomic E-state index is -0.855. The summed E-state index contributed by atoms with van der Waals surface area (Å²) in [5.41, 5.74) is 12.3. The van der Waals surface area contributed by atoms with E-state index >= 15 is 0 Å². The Morgan fingerprint density at radius 3 is 0.857 bits per heavy atom. The minimum Gasteiger partial charge on any atom is -0.443 e. The third kappa shape index (κ3) is 32.1. The molecule has 4 aliphatic heterocycles. The van der Waals surface area contributed by atoms with Gasteiger partial charge < -0.3 is 70.8 Å². The molecule has 147 heavy (non-hydrogen) atoms. The molecule has 14 atom stereocenters. The van der Waals surface area contributed by atoms with Crippen LogP contribution in [0.3, 0.4) is 0 Å². The normalized spacial score (nSPS) is 19.6. The van der Waals surface area contributed by atoms with Gasteiger partial charge in [0.1, 0.15) is 24.2 Å². The predicted octanol–water partition coefficient (Wildman–Crippen LogP) is 16.3. The number of amides is 8. The van der Waals surface area contributed by atoms with Gasteiger partial charge in [-0.15, -0.1) is 34.0 Å². The van der Waals surface area contributed by atoms with Crippen LogP contribution in [0.25, 0.3) is 42.6 Å². The molecule has 4 aromatic heterocycles. The Balaban J connectivity index is 0.000000218. The topological polar surface area (TPSA) is 432 Å². The molecule has 8 heterocycles. The Bertz CT molecular complexity index is 5710. The summed E-state index contributed by atoms with van der Waals surface area (Å²) < 4.78 is 5.43. The molecule has 4 aromatic carbocycles. The largest absolute Gasteiger partial charge is 0.443 e. The van der Waals surface area contributed by atoms with Gasteiger partial charge >= 0.3 is 0 Å². The summed E-state index contributed by atoms with van der Waals surface area (Å²) in [6.45, 7) is 53.9. The van der Waals surface area contributed by atoms with Gasteiger partial charge in [-0.05, 0) is 107 Å². The lowest BCUT2D eigenvalue weighted by atomic mass is 9.84. The van der Waals surface area contributed by atoms with Crippen molar-refractivity contribution in [2.75, 3.05) is 32.8 Å². The first-order valence-electron chi connectivity index (χ1n) is 51.0. The van der Waals surface area contributed by atoms with Gasteiger partial charge in [-0.3, -0.25) is 57.5 Å². The number of aryl methyl sites for hydroxylation is 6. The van der Waals surface area contributed by atoms with Gasteiger partial charge in [0, 0.05) is 111 Å². The Morgan fingerprint density at radius 2 is 0.612 bits per heavy atom. The number of nitrogens with one attached hydrogen (secondary N) is 4. The second kappa shape index (κ2) is 49.3. The molecule has 4 saturated heterocycles. The quantitative estimate of drug-likeness (QED) is 0.0210. The van der Waals surface area contributed by atoms with Crippen LogP contribution in [0, 0.1) is 71.0 Å². The SMILES string of the molecule is Cc1ncoc1-c1ccc(CCC(=O)C2CC(O)CN2C(=O)C(NC(=O)C(C)(C)C)C(C)(C)C)cc1.Cc1ncsc1-c1ccc(C(C)CC(=O)C2CC(O)CN2C(=O)C(NC(=O)C(C)(C)C)C(C)(C)C)cc1.Cc1ncsc1-c1ccc(C(CO)CC(=O)C2CC(O)CN2C(=O)C(NC(=O)C(C)(C)C)C(C)(C)C)cc1.Cc1ncsc1-c1ccc(CCC(=O)C2CC(O)CN2C(=O)C(NC(=O)C(C)(C)C)C(C)(C)C)cc1. The van der Waals surface area contributed by atoms with Crippen LogP contribution in [0.4, 0.5) is 0 Å². The Labute approximate surface area is 880 Å². The van der Waals surface area contributed by atoms with Crippen LogP contribution in [-0.2, 0) is 70.4 Å². The molecule has 12 rings (SSSR count). The van der Waals surface area contributed by atoms with Crippen molar-refractivity contribution in [2.24, 2.45) is 43.3 Å². The average molecular weight is 2080 g/mol. The number of thiazole rings is 3. The highest BCUT2D eigenvalue weighted by Crippen LogP contribution is 2.40. The second-order valence-electron chi connectivity index (χ2n) is 48.4. The zero-order valence-corrected chi connectivity index (χ0v) is 94.0. The summed E-state index contributed by atoms with van der Waals surface area (Å²) in [6, 6.07) is 25.6. The van der Waals surface area contributed by atoms with Crippen LogP contribution in [-0.4, -0.2) is 241 Å². The highest BCUT2D eigenvalue weighted by atomic mass is 32.1. The first-order chi connectivity index (χ1) is 68.1. The van der Waals surface area contributed by atoms with E-state index in [4.69, 9.17) is 4.42 Å². The number of nitrogens with zero attached hydrogens (tertiary/aromatic N) is 8. The number of carbonyl (C=O) groups is 12. The smallest absolute Gasteiger partial charge is 0.246 e. The molecule has 8 aromatic rings. The van der Waals surface area contributed by atoms with E-state index in [-0.39, 0.29) is 160 Å². The highest BCUT2D eigenvalue weighted by Gasteiger charge is 2.51. The zero-order valence-electron chi connectivity index (χ0n) is 91.6. The number of aliphatic hydroxyl groups is 5. The molecule has 802 valence electrons. The molecule has 0 bridgehead atoms. The number of ketones is 4. The summed E-state index contributed by atoms with van der Waals surface area (Å²) >= 11 is 4.77. The van der Waals surface area contributed by atoms with Gasteiger partial charge in [0.15, 0.2) is 35.3 Å². The predicted molar refractivity (Wildman–Crippen MR) is 576 cm³/mol. The molecular formula is C114H160N12O18S3. The number of rotatable bonds is 29. The van der Waals surface area contributed by atoms with E-state index in [1.807, 2.05) is 214 Å². The van der Waals surface area contributed by atoms with E-state index in [1.54, 1.807) is 123 Å². The van der Waals surface area contributed by atoms with E-state index in [1.165, 1.54) is 26.0 Å². The van der Waals surface area contributed by atoms with Crippen LogP contribution < -0.4 is 21.3 Å². The van der Waals surface area contributed by atoms with Crippen LogP contribution >= 0.6 is 34.0 Å². The molecule has 33 heteroatoms. The van der Waals surface area contributed by atoms with Crippen LogP contribution in [0.2, 0.25) is 0 Å². The van der Waals surface area contributed by atoms with Crippen molar-refractivity contribution in [1.29, 1.82) is 0 Å². The number of aromatic nitrogens is 4. The Hall–Kier alpha value is -10.8. The van der Waals surface area contributed by atoms with Gasteiger partial charge in [-0.25, -0.2) is 19.9 Å². The van der Waals surface area contributed by atoms with Crippen molar-refractivity contribution < 1.29 is 87.5 Å². The first-order valence-corrected chi connectivity index (χ1v) is 53.6. The van der Waals surface area contributed by atoms with Crippen molar-refractivity contribution in [2.45, 2.75) is 350 Å². The molecule has 0 radical (unpaired) electrons. The third-order valence-electron chi connectivity index (χ3n) is 27.3. The molecule has 4 fully saturated rings. The van der Waals surface area contributed by atoms with Crippen LogP contribution in [0.15, 0.2) is 124 Å². The number of hydrogen-bond donors (Lipinski definition) is 9. The molecule has 14 unspecified atom stereocenters. The molecule has 0 saturated carbocycles. The van der Waals surface area contributed by atoms with Crippen molar-refractivity contribution in [3.05, 3.63) is 165 Å². The lowest BCUT2D eigenvalue weighted by molar-refractivity contribution is -0.144. The number of likely N-dealkylation sites (tertiary alicyclic amines) is 4. The van der Waals surface area contributed by atoms with Gasteiger partial charge in [-0.1, -0.05) is 270 Å². The number of aliphatic hydroxyl groups excluding tert-OH is 5. The van der Waals surface area contributed by atoms with Gasteiger partial charge in [-0.2, -0.15) is 0 Å². The lowest BCUT2D eigenvalue weighted by Gasteiger charge is -2.36. The van der Waals surface area contributed by atoms with E-state index in [0.717, 1.165) is 87.7 Å². The summed E-state index contributed by atoms with van der Waals surface area (Å²) in [4.78, 5) is 185. The monoisotopic (exact) mass is 2080 g/mol. The maximum atomic E-state index is 13.7. The summed E-state index contributed by atoms with van der Waals surface area (Å²) in [7, 11) is 0. The van der Waals surface area contributed by atoms with Crippen molar-refractivity contribution in [3.63, 3.8) is 0 Å². The summed E-state index contributed by atoms with van der Waals surface area (Å²) in [6.07, 6.45) is 0.943. The summed E-state index contributed by atoms with van der Waals surface area (Å²) in [5.74, 6) is -2.52.